The van der Waals surface area contributed by atoms with Crippen molar-refractivity contribution in [1.82, 2.24) is 10.2 Å². The summed E-state index contributed by atoms with van der Waals surface area (Å²) in [5, 5.41) is 5.46. The average Bonchev–Trinajstić information content (AvgIpc) is 3.04. The van der Waals surface area contributed by atoms with E-state index in [1.54, 1.807) is 30.3 Å². The number of nitrogens with zero attached hydrogens (tertiary/aromatic N) is 1. The molecule has 2 aromatic carbocycles. The molecular weight excluding hydrogens is 428 g/mol. The molecule has 2 fully saturated rings. The van der Waals surface area contributed by atoms with Crippen LogP contribution in [-0.2, 0) is 21.1 Å². The lowest BCUT2D eigenvalue weighted by atomic mass is 10.0. The fourth-order valence-corrected chi connectivity index (χ4v) is 6.01. The molecule has 2 heterocycles. The Balaban J connectivity index is 1.56. The summed E-state index contributed by atoms with van der Waals surface area (Å²) in [6.45, 7) is 0.563. The summed E-state index contributed by atoms with van der Waals surface area (Å²) in [6, 6.07) is 9.30. The molecule has 0 unspecified atom stereocenters. The van der Waals surface area contributed by atoms with Gasteiger partial charge in [0.15, 0.2) is 9.84 Å². The smallest absolute Gasteiger partial charge is 0.257 e. The zero-order valence-electron chi connectivity index (χ0n) is 16.5. The fraction of sp³-hybridized carbons (Fsp3) is 0.333. The molecule has 2 atom stereocenters. The minimum atomic E-state index is -3.32. The molecule has 0 aromatic heterocycles. The van der Waals surface area contributed by atoms with E-state index in [9.17, 15) is 26.8 Å². The Morgan fingerprint density at radius 1 is 1.10 bits per heavy atom. The first kappa shape index (κ1) is 21.4. The summed E-state index contributed by atoms with van der Waals surface area (Å²) in [5.41, 5.74) is -0.00844. The van der Waals surface area contributed by atoms with Gasteiger partial charge in [-0.05, 0) is 11.6 Å². The maximum absolute atomic E-state index is 14.5. The third kappa shape index (κ3) is 4.59. The van der Waals surface area contributed by atoms with Gasteiger partial charge in [-0.25, -0.2) is 17.2 Å². The van der Waals surface area contributed by atoms with E-state index in [2.05, 4.69) is 10.6 Å². The van der Waals surface area contributed by atoms with Crippen LogP contribution in [0.1, 0.15) is 15.9 Å². The second kappa shape index (κ2) is 8.35. The number of amides is 2. The van der Waals surface area contributed by atoms with Gasteiger partial charge in [0.2, 0.25) is 5.91 Å². The van der Waals surface area contributed by atoms with E-state index in [1.165, 1.54) is 4.90 Å². The number of fused-ring (bicyclic) bond motifs is 1. The first-order valence-corrected chi connectivity index (χ1v) is 11.6. The van der Waals surface area contributed by atoms with Crippen LogP contribution in [-0.4, -0.2) is 61.8 Å². The molecule has 2 aromatic rings. The van der Waals surface area contributed by atoms with Crippen molar-refractivity contribution in [2.45, 2.75) is 18.5 Å². The van der Waals surface area contributed by atoms with Gasteiger partial charge in [-0.15, -0.1) is 0 Å². The van der Waals surface area contributed by atoms with Crippen molar-refractivity contribution < 1.29 is 26.8 Å². The molecule has 2 aliphatic rings. The normalized spacial score (nSPS) is 22.1. The van der Waals surface area contributed by atoms with Gasteiger partial charge in [-0.1, -0.05) is 30.3 Å². The van der Waals surface area contributed by atoms with Gasteiger partial charge in [0.1, 0.15) is 11.6 Å². The molecule has 0 aliphatic carbocycles. The third-order valence-corrected chi connectivity index (χ3v) is 7.23. The number of carbonyl (C=O) groups excluding carboxylic acids is 2. The molecule has 0 bridgehead atoms. The summed E-state index contributed by atoms with van der Waals surface area (Å²) >= 11 is 0. The molecular formula is C21H21F2N3O4S. The van der Waals surface area contributed by atoms with Crippen molar-refractivity contribution in [3.8, 4) is 0 Å². The molecule has 2 N–H and O–H groups in total. The highest BCUT2D eigenvalue weighted by Crippen LogP contribution is 2.26. The summed E-state index contributed by atoms with van der Waals surface area (Å²) in [7, 11) is -3.32. The molecule has 4 rings (SSSR count). The molecule has 164 valence electrons. The van der Waals surface area contributed by atoms with Crippen LogP contribution in [0.15, 0.2) is 42.5 Å². The number of rotatable bonds is 4. The fourth-order valence-electron chi connectivity index (χ4n) is 4.06. The number of piperazine rings is 1. The van der Waals surface area contributed by atoms with Crippen molar-refractivity contribution in [3.05, 3.63) is 65.2 Å². The number of hydrogen-bond donors (Lipinski definition) is 2. The topological polar surface area (TPSA) is 95.6 Å². The van der Waals surface area contributed by atoms with Crippen LogP contribution in [0, 0.1) is 11.6 Å². The van der Waals surface area contributed by atoms with Gasteiger partial charge in [-0.3, -0.25) is 9.59 Å². The van der Waals surface area contributed by atoms with E-state index in [-0.39, 0.29) is 30.2 Å². The summed E-state index contributed by atoms with van der Waals surface area (Å²) in [6.07, 6.45) is -0.0135. The minimum absolute atomic E-state index is 0.0135. The first-order valence-electron chi connectivity index (χ1n) is 9.81. The van der Waals surface area contributed by atoms with Crippen LogP contribution in [0.5, 0.6) is 0 Å². The summed E-state index contributed by atoms with van der Waals surface area (Å²) < 4.78 is 52.7. The number of carbonyl (C=O) groups is 2. The van der Waals surface area contributed by atoms with Gasteiger partial charge < -0.3 is 15.5 Å². The van der Waals surface area contributed by atoms with Crippen molar-refractivity contribution in [1.29, 1.82) is 0 Å². The molecule has 0 saturated carbocycles. The third-order valence-electron chi connectivity index (χ3n) is 5.51. The Kier molecular flexibility index (Phi) is 5.76. The number of benzene rings is 2. The highest BCUT2D eigenvalue weighted by Gasteiger charge is 2.45. The number of hydrogen-bond acceptors (Lipinski definition) is 5. The lowest BCUT2D eigenvalue weighted by Crippen LogP contribution is -2.59. The molecule has 31 heavy (non-hydrogen) atoms. The Morgan fingerprint density at radius 2 is 1.84 bits per heavy atom. The number of nitrogens with one attached hydrogen (secondary N) is 2. The number of halogens is 2. The lowest BCUT2D eigenvalue weighted by Gasteiger charge is -2.37. The highest BCUT2D eigenvalue weighted by molar-refractivity contribution is 7.91. The minimum Gasteiger partial charge on any atom is -0.332 e. The van der Waals surface area contributed by atoms with Crippen LogP contribution in [0.25, 0.3) is 0 Å². The zero-order chi connectivity index (χ0) is 22.2. The standard InChI is InChI=1S/C21H21F2N3O4S/c22-15-10-16(23)17(25-20(27)8-13-4-2-1-3-5-13)9-14(15)21(28)26-7-6-24-18-11-31(29,30)12-19(18)26/h1-5,9-10,18-19,24H,6-8,11-12H2,(H,25,27)/t18-,19+/m0/s1. The maximum atomic E-state index is 14.5. The van der Waals surface area contributed by atoms with Gasteiger partial charge in [-0.2, -0.15) is 0 Å². The van der Waals surface area contributed by atoms with Crippen LogP contribution in [0.4, 0.5) is 14.5 Å². The second-order valence-corrected chi connectivity index (χ2v) is 9.88. The number of anilines is 1. The molecule has 0 spiro atoms. The van der Waals surface area contributed by atoms with Crippen molar-refractivity contribution in [3.63, 3.8) is 0 Å². The Morgan fingerprint density at radius 3 is 2.58 bits per heavy atom. The van der Waals surface area contributed by atoms with Crippen molar-refractivity contribution >= 4 is 27.3 Å². The largest absolute Gasteiger partial charge is 0.332 e. The van der Waals surface area contributed by atoms with E-state index < -0.39 is 50.9 Å². The number of sulfone groups is 1. The first-order chi connectivity index (χ1) is 14.7. The van der Waals surface area contributed by atoms with E-state index in [4.69, 9.17) is 0 Å². The average molecular weight is 449 g/mol. The lowest BCUT2D eigenvalue weighted by molar-refractivity contribution is -0.115. The Labute approximate surface area is 178 Å². The van der Waals surface area contributed by atoms with Crippen LogP contribution < -0.4 is 10.6 Å². The van der Waals surface area contributed by atoms with E-state index in [1.807, 2.05) is 0 Å². The molecule has 2 amide bonds. The zero-order valence-corrected chi connectivity index (χ0v) is 17.3. The summed E-state index contributed by atoms with van der Waals surface area (Å²) in [4.78, 5) is 26.6. The molecule has 0 radical (unpaired) electrons. The van der Waals surface area contributed by atoms with Gasteiger partial charge in [0, 0.05) is 25.2 Å². The van der Waals surface area contributed by atoms with Crippen molar-refractivity contribution in [2.75, 3.05) is 29.9 Å². The highest BCUT2D eigenvalue weighted by atomic mass is 32.2. The quantitative estimate of drug-likeness (QED) is 0.735. The maximum Gasteiger partial charge on any atom is 0.257 e. The predicted octanol–water partition coefficient (Wildman–Crippen LogP) is 1.36. The van der Waals surface area contributed by atoms with Gasteiger partial charge >= 0.3 is 0 Å². The molecule has 2 saturated heterocycles. The van der Waals surface area contributed by atoms with E-state index >= 15 is 0 Å². The van der Waals surface area contributed by atoms with Crippen LogP contribution in [0.3, 0.4) is 0 Å². The van der Waals surface area contributed by atoms with E-state index in [0.717, 1.165) is 6.07 Å². The van der Waals surface area contributed by atoms with Crippen LogP contribution >= 0.6 is 0 Å². The Hall–Kier alpha value is -2.85. The molecule has 7 nitrogen and oxygen atoms in total. The van der Waals surface area contributed by atoms with Crippen LogP contribution in [0.2, 0.25) is 0 Å². The van der Waals surface area contributed by atoms with Crippen molar-refractivity contribution in [2.24, 2.45) is 0 Å². The molecule has 2 aliphatic heterocycles. The Bertz CT molecular complexity index is 1120. The van der Waals surface area contributed by atoms with E-state index in [0.29, 0.717) is 18.2 Å². The molecule has 10 heteroatoms. The second-order valence-electron chi connectivity index (χ2n) is 7.73. The summed E-state index contributed by atoms with van der Waals surface area (Å²) in [5.74, 6) is -3.62. The SMILES string of the molecule is O=C(Cc1ccccc1)Nc1cc(C(=O)N2CCN[C@H]3CS(=O)(=O)C[C@H]32)c(F)cc1F. The van der Waals surface area contributed by atoms with Gasteiger partial charge in [0.25, 0.3) is 5.91 Å². The monoisotopic (exact) mass is 449 g/mol. The predicted molar refractivity (Wildman–Crippen MR) is 110 cm³/mol. The van der Waals surface area contributed by atoms with Gasteiger partial charge in [0.05, 0.1) is 35.2 Å².